The Morgan fingerprint density at radius 3 is 2.62 bits per heavy atom. The third-order valence-corrected chi connectivity index (χ3v) is 3.18. The zero-order valence-electron chi connectivity index (χ0n) is 12.7. The summed E-state index contributed by atoms with van der Waals surface area (Å²) in [5.41, 5.74) is -0.325. The van der Waals surface area contributed by atoms with Crippen LogP contribution in [0.4, 0.5) is 4.39 Å². The van der Waals surface area contributed by atoms with Crippen molar-refractivity contribution in [1.82, 2.24) is 0 Å². The average Bonchev–Trinajstić information content (AvgIpc) is 2.43. The smallest absolute Gasteiger partial charge is 0.308 e. The van der Waals surface area contributed by atoms with E-state index in [2.05, 4.69) is 16.6 Å². The van der Waals surface area contributed by atoms with Crippen LogP contribution in [0.3, 0.4) is 0 Å². The fraction of sp³-hybridized carbons (Fsp3) is 0.412. The number of hydrogen-bond donors (Lipinski definition) is 0. The minimum absolute atomic E-state index is 0.289. The minimum atomic E-state index is -0.770. The van der Waals surface area contributed by atoms with E-state index in [4.69, 9.17) is 0 Å². The molecule has 0 amide bonds. The second kappa shape index (κ2) is 7.03. The summed E-state index contributed by atoms with van der Waals surface area (Å²) in [6.45, 7) is 5.17. The van der Waals surface area contributed by atoms with Crippen LogP contribution in [0.1, 0.15) is 32.8 Å². The summed E-state index contributed by atoms with van der Waals surface area (Å²) in [7, 11) is 1.32. The fourth-order valence-corrected chi connectivity index (χ4v) is 2.01. The van der Waals surface area contributed by atoms with E-state index in [-0.39, 0.29) is 17.7 Å². The van der Waals surface area contributed by atoms with Crippen molar-refractivity contribution in [3.63, 3.8) is 0 Å². The highest BCUT2D eigenvalue weighted by Gasteiger charge is 2.31. The highest BCUT2D eigenvalue weighted by molar-refractivity contribution is 6.00. The van der Waals surface area contributed by atoms with Crippen molar-refractivity contribution in [1.29, 1.82) is 0 Å². The molecule has 0 bridgehead atoms. The SMILES string of the molecule is COC(=O)C(C)CC(C)(C)C(=O)C#Cc1cccc(F)c1. The van der Waals surface area contributed by atoms with E-state index in [0.717, 1.165) is 0 Å². The van der Waals surface area contributed by atoms with Gasteiger partial charge < -0.3 is 4.74 Å². The van der Waals surface area contributed by atoms with Gasteiger partial charge in [0.1, 0.15) is 5.82 Å². The molecule has 21 heavy (non-hydrogen) atoms. The number of halogens is 1. The van der Waals surface area contributed by atoms with Crippen molar-refractivity contribution in [2.24, 2.45) is 11.3 Å². The van der Waals surface area contributed by atoms with Gasteiger partial charge in [-0.2, -0.15) is 0 Å². The number of ether oxygens (including phenoxy) is 1. The molecule has 3 nitrogen and oxygen atoms in total. The maximum absolute atomic E-state index is 13.0. The number of carbonyl (C=O) groups is 2. The number of ketones is 1. The molecule has 1 unspecified atom stereocenters. The van der Waals surface area contributed by atoms with Gasteiger partial charge in [-0.15, -0.1) is 0 Å². The summed E-state index contributed by atoms with van der Waals surface area (Å²) < 4.78 is 17.7. The highest BCUT2D eigenvalue weighted by Crippen LogP contribution is 2.27. The third kappa shape index (κ3) is 5.03. The quantitative estimate of drug-likeness (QED) is 0.632. The van der Waals surface area contributed by atoms with Crippen LogP contribution in [0.5, 0.6) is 0 Å². The molecule has 0 fully saturated rings. The number of esters is 1. The molecule has 0 aliphatic carbocycles. The van der Waals surface area contributed by atoms with E-state index < -0.39 is 11.2 Å². The van der Waals surface area contributed by atoms with Gasteiger partial charge in [0.25, 0.3) is 0 Å². The van der Waals surface area contributed by atoms with E-state index in [1.165, 1.54) is 25.3 Å². The van der Waals surface area contributed by atoms with Crippen LogP contribution in [0.15, 0.2) is 24.3 Å². The Morgan fingerprint density at radius 1 is 1.38 bits per heavy atom. The molecule has 1 rings (SSSR count). The number of hydrogen-bond acceptors (Lipinski definition) is 3. The summed E-state index contributed by atoms with van der Waals surface area (Å²) in [5.74, 6) is 3.75. The van der Waals surface area contributed by atoms with Crippen LogP contribution in [-0.2, 0) is 14.3 Å². The van der Waals surface area contributed by atoms with Crippen LogP contribution in [0.2, 0.25) is 0 Å². The van der Waals surface area contributed by atoms with Gasteiger partial charge in [0.15, 0.2) is 0 Å². The zero-order valence-corrected chi connectivity index (χ0v) is 12.7. The average molecular weight is 290 g/mol. The first-order valence-electron chi connectivity index (χ1n) is 6.66. The molecule has 0 aliphatic heterocycles. The molecular weight excluding hydrogens is 271 g/mol. The molecule has 0 saturated carbocycles. The van der Waals surface area contributed by atoms with Crippen molar-refractivity contribution in [3.05, 3.63) is 35.6 Å². The Hall–Kier alpha value is -2.15. The third-order valence-electron chi connectivity index (χ3n) is 3.18. The van der Waals surface area contributed by atoms with Crippen molar-refractivity contribution in [2.75, 3.05) is 7.11 Å². The molecule has 0 saturated heterocycles. The predicted molar refractivity (Wildman–Crippen MR) is 77.9 cm³/mol. The topological polar surface area (TPSA) is 43.4 Å². The first-order chi connectivity index (χ1) is 9.76. The van der Waals surface area contributed by atoms with Crippen molar-refractivity contribution >= 4 is 11.8 Å². The lowest BCUT2D eigenvalue weighted by atomic mass is 9.80. The lowest BCUT2D eigenvalue weighted by molar-refractivity contribution is -0.146. The van der Waals surface area contributed by atoms with Gasteiger partial charge in [-0.05, 0) is 30.5 Å². The van der Waals surface area contributed by atoms with E-state index in [9.17, 15) is 14.0 Å². The molecule has 1 atom stereocenters. The van der Waals surface area contributed by atoms with Crippen LogP contribution >= 0.6 is 0 Å². The molecule has 0 aromatic heterocycles. The van der Waals surface area contributed by atoms with Crippen molar-refractivity contribution in [3.8, 4) is 11.8 Å². The van der Waals surface area contributed by atoms with Crippen LogP contribution in [0, 0.1) is 29.0 Å². The lowest BCUT2D eigenvalue weighted by Crippen LogP contribution is -2.28. The summed E-state index contributed by atoms with van der Waals surface area (Å²) in [5, 5.41) is 0. The first kappa shape index (κ1) is 16.9. The zero-order chi connectivity index (χ0) is 16.0. The largest absolute Gasteiger partial charge is 0.469 e. The predicted octanol–water partition coefficient (Wildman–Crippen LogP) is 2.97. The molecule has 0 spiro atoms. The second-order valence-corrected chi connectivity index (χ2v) is 5.60. The van der Waals surface area contributed by atoms with Crippen LogP contribution in [-0.4, -0.2) is 18.9 Å². The Labute approximate surface area is 124 Å². The Morgan fingerprint density at radius 2 is 2.05 bits per heavy atom. The van der Waals surface area contributed by atoms with Gasteiger partial charge in [-0.3, -0.25) is 9.59 Å². The second-order valence-electron chi connectivity index (χ2n) is 5.60. The van der Waals surface area contributed by atoms with E-state index in [1.54, 1.807) is 26.8 Å². The minimum Gasteiger partial charge on any atom is -0.469 e. The monoisotopic (exact) mass is 290 g/mol. The van der Waals surface area contributed by atoms with Crippen molar-refractivity contribution < 1.29 is 18.7 Å². The number of rotatable bonds is 4. The van der Waals surface area contributed by atoms with E-state index >= 15 is 0 Å². The molecule has 1 aromatic rings. The van der Waals surface area contributed by atoms with Crippen LogP contribution in [0.25, 0.3) is 0 Å². The van der Waals surface area contributed by atoms with Gasteiger partial charge in [0, 0.05) is 11.0 Å². The number of carbonyl (C=O) groups excluding carboxylic acids is 2. The number of Topliss-reactive ketones (excluding diaryl/α,β-unsaturated/α-hetero) is 1. The van der Waals surface area contributed by atoms with E-state index in [1.807, 2.05) is 0 Å². The van der Waals surface area contributed by atoms with Gasteiger partial charge in [-0.1, -0.05) is 32.8 Å². The molecule has 1 aromatic carbocycles. The molecule has 0 N–H and O–H groups in total. The summed E-state index contributed by atoms with van der Waals surface area (Å²) >= 11 is 0. The van der Waals surface area contributed by atoms with E-state index in [0.29, 0.717) is 12.0 Å². The Balaban J connectivity index is 2.81. The lowest BCUT2D eigenvalue weighted by Gasteiger charge is -2.22. The molecule has 4 heteroatoms. The van der Waals surface area contributed by atoms with Crippen LogP contribution < -0.4 is 0 Å². The van der Waals surface area contributed by atoms with Crippen molar-refractivity contribution in [2.45, 2.75) is 27.2 Å². The number of methoxy groups -OCH3 is 1. The molecule has 0 heterocycles. The van der Waals surface area contributed by atoms with Gasteiger partial charge in [0.05, 0.1) is 13.0 Å². The highest BCUT2D eigenvalue weighted by atomic mass is 19.1. The molecular formula is C17H19FO3. The normalized spacial score (nSPS) is 12.0. The van der Waals surface area contributed by atoms with Gasteiger partial charge in [-0.25, -0.2) is 4.39 Å². The molecule has 112 valence electrons. The van der Waals surface area contributed by atoms with Gasteiger partial charge in [0.2, 0.25) is 5.78 Å². The summed E-state index contributed by atoms with van der Waals surface area (Å²) in [4.78, 5) is 23.6. The molecule has 0 radical (unpaired) electrons. The maximum Gasteiger partial charge on any atom is 0.308 e. The van der Waals surface area contributed by atoms with Gasteiger partial charge >= 0.3 is 5.97 Å². The summed E-state index contributed by atoms with van der Waals surface area (Å²) in [6, 6.07) is 5.75. The Bertz CT molecular complexity index is 594. The molecule has 0 aliphatic rings. The number of benzene rings is 1. The fourth-order valence-electron chi connectivity index (χ4n) is 2.01. The summed E-state index contributed by atoms with van der Waals surface area (Å²) in [6.07, 6.45) is 0.344. The maximum atomic E-state index is 13.0. The standard InChI is InChI=1S/C17H19FO3/c1-12(16(20)21-4)11-17(2,3)15(19)9-8-13-6-5-7-14(18)10-13/h5-7,10,12H,11H2,1-4H3. The Kier molecular flexibility index (Phi) is 5.66. The first-order valence-corrected chi connectivity index (χ1v) is 6.66.